The molecule has 3 aromatic carbocycles. The molecule has 0 unspecified atom stereocenters. The average molecular weight is 501 g/mol. The molecule has 4 heterocycles. The van der Waals surface area contributed by atoms with Crippen LogP contribution < -0.4 is 14.2 Å². The Morgan fingerprint density at radius 3 is 2.56 bits per heavy atom. The van der Waals surface area contributed by atoms with E-state index in [4.69, 9.17) is 14.2 Å². The van der Waals surface area contributed by atoms with Crippen LogP contribution in [0.4, 0.5) is 0 Å². The number of carbonyl (C=O) groups is 2. The van der Waals surface area contributed by atoms with Crippen LogP contribution in [0.15, 0.2) is 72.8 Å². The summed E-state index contributed by atoms with van der Waals surface area (Å²) in [6, 6.07) is 22.2. The van der Waals surface area contributed by atoms with Crippen LogP contribution in [0.3, 0.4) is 0 Å². The van der Waals surface area contributed by atoms with Crippen molar-refractivity contribution in [2.45, 2.75) is 29.5 Å². The zero-order valence-corrected chi connectivity index (χ0v) is 20.4. The molecule has 7 rings (SSSR count). The maximum Gasteiger partial charge on any atom is 0.267 e. The highest BCUT2D eigenvalue weighted by molar-refractivity contribution is 7.99. The Morgan fingerprint density at radius 1 is 0.944 bits per heavy atom. The van der Waals surface area contributed by atoms with Gasteiger partial charge in [0.05, 0.1) is 0 Å². The summed E-state index contributed by atoms with van der Waals surface area (Å²) >= 11 is 1.63. The Balaban J connectivity index is 1.32. The molecule has 8 heteroatoms. The fourth-order valence-electron chi connectivity index (χ4n) is 6.05. The fourth-order valence-corrected chi connectivity index (χ4v) is 7.31. The molecule has 3 aromatic rings. The first-order valence-electron chi connectivity index (χ1n) is 12.0. The topological polar surface area (TPSA) is 68.3 Å². The quantitative estimate of drug-likeness (QED) is 0.498. The van der Waals surface area contributed by atoms with Crippen molar-refractivity contribution in [2.75, 3.05) is 19.6 Å². The summed E-state index contributed by atoms with van der Waals surface area (Å²) < 4.78 is 17.3. The van der Waals surface area contributed by atoms with Crippen LogP contribution in [0, 0.1) is 0 Å². The molecule has 0 bridgehead atoms. The molecule has 0 aliphatic carbocycles. The molecule has 2 amide bonds. The number of nitrogens with zero attached hydrogens (tertiary/aromatic N) is 2. The lowest BCUT2D eigenvalue weighted by atomic mass is 9.76. The lowest BCUT2D eigenvalue weighted by Gasteiger charge is -2.65. The molecule has 2 saturated heterocycles. The Labute approximate surface area is 212 Å². The molecule has 2 fully saturated rings. The number of amides is 2. The van der Waals surface area contributed by atoms with Gasteiger partial charge in [0.1, 0.15) is 22.7 Å². The number of likely N-dealkylation sites (tertiary alicyclic amines) is 1. The van der Waals surface area contributed by atoms with Gasteiger partial charge in [-0.15, -0.1) is 11.8 Å². The van der Waals surface area contributed by atoms with Gasteiger partial charge in [0.25, 0.3) is 11.8 Å². The summed E-state index contributed by atoms with van der Waals surface area (Å²) in [6.07, 6.45) is 2.09. The normalized spacial score (nSPS) is 27.6. The van der Waals surface area contributed by atoms with Crippen LogP contribution in [-0.2, 0) is 20.9 Å². The van der Waals surface area contributed by atoms with Crippen LogP contribution in [-0.4, -0.2) is 53.4 Å². The van der Waals surface area contributed by atoms with E-state index in [0.717, 1.165) is 17.5 Å². The van der Waals surface area contributed by atoms with Gasteiger partial charge in [-0.05, 0) is 53.6 Å². The van der Waals surface area contributed by atoms with E-state index in [1.54, 1.807) is 16.7 Å². The molecule has 0 N–H and O–H groups in total. The third-order valence-electron chi connectivity index (χ3n) is 7.70. The van der Waals surface area contributed by atoms with Crippen LogP contribution in [0.5, 0.6) is 17.2 Å². The molecule has 182 valence electrons. The van der Waals surface area contributed by atoms with Crippen molar-refractivity contribution in [1.29, 1.82) is 0 Å². The van der Waals surface area contributed by atoms with Crippen molar-refractivity contribution in [2.24, 2.45) is 0 Å². The Bertz CT molecular complexity index is 1380. The summed E-state index contributed by atoms with van der Waals surface area (Å²) in [4.78, 5) is 30.4. The van der Waals surface area contributed by atoms with E-state index in [-0.39, 0.29) is 18.6 Å². The van der Waals surface area contributed by atoms with Gasteiger partial charge < -0.3 is 24.0 Å². The molecule has 0 spiro atoms. The van der Waals surface area contributed by atoms with Crippen LogP contribution >= 0.6 is 11.8 Å². The van der Waals surface area contributed by atoms with Crippen LogP contribution in [0.2, 0.25) is 0 Å². The highest BCUT2D eigenvalue weighted by atomic mass is 32.2. The van der Waals surface area contributed by atoms with Crippen LogP contribution in [0.25, 0.3) is 0 Å². The van der Waals surface area contributed by atoms with E-state index in [9.17, 15) is 9.59 Å². The average Bonchev–Trinajstić information content (AvgIpc) is 3.39. The minimum absolute atomic E-state index is 0.0175. The summed E-state index contributed by atoms with van der Waals surface area (Å²) in [5.41, 5.74) is 3.19. The van der Waals surface area contributed by atoms with E-state index in [2.05, 4.69) is 12.1 Å². The molecule has 0 saturated carbocycles. The van der Waals surface area contributed by atoms with Gasteiger partial charge in [-0.2, -0.15) is 0 Å². The first kappa shape index (κ1) is 21.6. The van der Waals surface area contributed by atoms with Gasteiger partial charge in [-0.3, -0.25) is 9.59 Å². The van der Waals surface area contributed by atoms with Crippen molar-refractivity contribution in [3.05, 3.63) is 89.5 Å². The van der Waals surface area contributed by atoms with Gasteiger partial charge in [0.2, 0.25) is 12.9 Å². The van der Waals surface area contributed by atoms with E-state index in [1.165, 1.54) is 5.56 Å². The number of thioether (sulfide) groups is 1. The largest absolute Gasteiger partial charge is 0.478 e. The standard InChI is InChI=1S/C28H24N2O5S/c1-36-28-20-10-6-5-7-17(20)13-14-29(28)27(32)25(28)30-23(18-11-12-21-22(15-18)34-16-33-21)24(26(30)31)35-19-8-3-2-4-9-19/h2-12,15,23-25H,13-14,16H2,1H3/t23-,24-,25-,28-/m0/s1. The summed E-state index contributed by atoms with van der Waals surface area (Å²) in [5.74, 6) is 1.72. The fraction of sp³-hybridized carbons (Fsp3) is 0.286. The number of carbonyl (C=O) groups excluding carboxylic acids is 2. The Hall–Kier alpha value is -3.65. The van der Waals surface area contributed by atoms with Crippen molar-refractivity contribution in [3.63, 3.8) is 0 Å². The Kier molecular flexibility index (Phi) is 4.76. The number of rotatable bonds is 5. The van der Waals surface area contributed by atoms with E-state index >= 15 is 0 Å². The lowest BCUT2D eigenvalue weighted by Crippen LogP contribution is -2.81. The zero-order chi connectivity index (χ0) is 24.4. The molecule has 4 aliphatic rings. The summed E-state index contributed by atoms with van der Waals surface area (Å²) in [6.45, 7) is 0.812. The Morgan fingerprint density at radius 2 is 1.72 bits per heavy atom. The van der Waals surface area contributed by atoms with Crippen LogP contribution in [0.1, 0.15) is 22.7 Å². The van der Waals surface area contributed by atoms with Gasteiger partial charge in [-0.1, -0.05) is 48.5 Å². The second-order valence-electron chi connectivity index (χ2n) is 9.35. The second-order valence-corrected chi connectivity index (χ2v) is 10.4. The van der Waals surface area contributed by atoms with Crippen molar-refractivity contribution >= 4 is 23.6 Å². The highest BCUT2D eigenvalue weighted by Gasteiger charge is 2.70. The number of benzene rings is 3. The monoisotopic (exact) mass is 500 g/mol. The molecule has 4 aliphatic heterocycles. The van der Waals surface area contributed by atoms with Crippen molar-refractivity contribution < 1.29 is 23.8 Å². The summed E-state index contributed by atoms with van der Waals surface area (Å²) in [7, 11) is 0. The first-order chi connectivity index (χ1) is 17.6. The number of ether oxygens (including phenoxy) is 3. The van der Waals surface area contributed by atoms with E-state index < -0.39 is 23.1 Å². The molecule has 0 aromatic heterocycles. The molecule has 4 atom stereocenters. The van der Waals surface area contributed by atoms with Gasteiger partial charge in [0, 0.05) is 6.54 Å². The highest BCUT2D eigenvalue weighted by Crippen LogP contribution is 2.58. The number of β-lactam (4-membered cyclic amide) rings is 2. The first-order valence-corrected chi connectivity index (χ1v) is 13.2. The minimum atomic E-state index is -0.743. The number of hydrogen-bond acceptors (Lipinski definition) is 6. The smallest absolute Gasteiger partial charge is 0.267 e. The minimum Gasteiger partial charge on any atom is -0.478 e. The molecule has 7 nitrogen and oxygen atoms in total. The number of para-hydroxylation sites is 1. The predicted octanol–water partition coefficient (Wildman–Crippen LogP) is 3.73. The molecule has 36 heavy (non-hydrogen) atoms. The van der Waals surface area contributed by atoms with E-state index in [0.29, 0.717) is 23.8 Å². The van der Waals surface area contributed by atoms with Crippen molar-refractivity contribution in [3.8, 4) is 17.2 Å². The second kappa shape index (κ2) is 7.93. The maximum absolute atomic E-state index is 13.8. The third kappa shape index (κ3) is 2.82. The predicted molar refractivity (Wildman–Crippen MR) is 134 cm³/mol. The maximum atomic E-state index is 13.8. The SMILES string of the molecule is CS[C@]12c3ccccc3CCN1C(=O)[C@@H]2N1C(=O)[C@@H](Oc2ccccc2)[C@@H]1c1ccc2c(c1)OCO2. The number of hydrogen-bond donors (Lipinski definition) is 0. The molecular formula is C28H24N2O5S. The molecular weight excluding hydrogens is 476 g/mol. The third-order valence-corrected chi connectivity index (χ3v) is 8.98. The summed E-state index contributed by atoms with van der Waals surface area (Å²) in [5, 5.41) is 0. The number of fused-ring (bicyclic) bond motifs is 4. The zero-order valence-electron chi connectivity index (χ0n) is 19.6. The van der Waals surface area contributed by atoms with Gasteiger partial charge in [-0.25, -0.2) is 0 Å². The molecule has 0 radical (unpaired) electrons. The van der Waals surface area contributed by atoms with Gasteiger partial charge >= 0.3 is 0 Å². The van der Waals surface area contributed by atoms with Crippen molar-refractivity contribution in [1.82, 2.24) is 9.80 Å². The van der Waals surface area contributed by atoms with Gasteiger partial charge in [0.15, 0.2) is 11.5 Å². The van der Waals surface area contributed by atoms with E-state index in [1.807, 2.05) is 71.8 Å². The lowest BCUT2D eigenvalue weighted by molar-refractivity contribution is -0.195.